The lowest BCUT2D eigenvalue weighted by molar-refractivity contribution is 0.627. The van der Waals surface area contributed by atoms with Gasteiger partial charge in [-0.2, -0.15) is 0 Å². The zero-order valence-corrected chi connectivity index (χ0v) is 7.63. The Morgan fingerprint density at radius 3 is 2.57 bits per heavy atom. The van der Waals surface area contributed by atoms with Gasteiger partial charge in [0.15, 0.2) is 0 Å². The van der Waals surface area contributed by atoms with Crippen LogP contribution in [0.3, 0.4) is 0 Å². The highest BCUT2D eigenvalue weighted by Gasteiger charge is 2.07. The molecule has 0 saturated carbocycles. The van der Waals surface area contributed by atoms with Crippen LogP contribution in [0.2, 0.25) is 0 Å². The molecule has 0 spiro atoms. The summed E-state index contributed by atoms with van der Waals surface area (Å²) in [5.74, 6) is -0.229. The van der Waals surface area contributed by atoms with Crippen molar-refractivity contribution in [3.8, 4) is 0 Å². The van der Waals surface area contributed by atoms with Crippen molar-refractivity contribution in [3.05, 3.63) is 53.6 Å². The van der Waals surface area contributed by atoms with E-state index in [2.05, 4.69) is 5.32 Å². The van der Waals surface area contributed by atoms with E-state index in [1.54, 1.807) is 12.1 Å². The Kier molecular flexibility index (Phi) is 2.23. The molecule has 3 N–H and O–H groups in total. The molecule has 1 aromatic rings. The standard InChI is InChI=1S/C11H11FN2/c12-9-3-1-8(2-4-9)10-7-14-6-5-11(10)13/h1-6,14H,7,13H2. The molecule has 0 atom stereocenters. The van der Waals surface area contributed by atoms with Gasteiger partial charge in [-0.1, -0.05) is 12.1 Å². The maximum atomic E-state index is 12.7. The van der Waals surface area contributed by atoms with Crippen molar-refractivity contribution in [1.82, 2.24) is 5.32 Å². The van der Waals surface area contributed by atoms with Gasteiger partial charge >= 0.3 is 0 Å². The van der Waals surface area contributed by atoms with E-state index in [0.717, 1.165) is 16.8 Å². The molecule has 0 aliphatic carbocycles. The summed E-state index contributed by atoms with van der Waals surface area (Å²) in [6.45, 7) is 0.688. The molecule has 1 aliphatic rings. The van der Waals surface area contributed by atoms with Crippen LogP contribution in [-0.4, -0.2) is 6.54 Å². The average molecular weight is 190 g/mol. The summed E-state index contributed by atoms with van der Waals surface area (Å²) < 4.78 is 12.7. The van der Waals surface area contributed by atoms with Crippen LogP contribution in [0.5, 0.6) is 0 Å². The topological polar surface area (TPSA) is 38.0 Å². The fraction of sp³-hybridized carbons (Fsp3) is 0.0909. The minimum Gasteiger partial charge on any atom is -0.398 e. The summed E-state index contributed by atoms with van der Waals surface area (Å²) in [6, 6.07) is 6.35. The lowest BCUT2D eigenvalue weighted by atomic mass is 10.0. The normalized spacial score (nSPS) is 15.5. The quantitative estimate of drug-likeness (QED) is 0.706. The maximum Gasteiger partial charge on any atom is 0.123 e. The molecule has 0 saturated heterocycles. The first-order valence-corrected chi connectivity index (χ1v) is 4.42. The molecule has 0 bridgehead atoms. The first-order valence-electron chi connectivity index (χ1n) is 4.42. The van der Waals surface area contributed by atoms with Crippen LogP contribution in [-0.2, 0) is 0 Å². The van der Waals surface area contributed by atoms with Gasteiger partial charge < -0.3 is 11.1 Å². The second-order valence-corrected chi connectivity index (χ2v) is 3.16. The lowest BCUT2D eigenvalue weighted by Gasteiger charge is -2.14. The highest BCUT2D eigenvalue weighted by molar-refractivity contribution is 5.72. The predicted octanol–water partition coefficient (Wildman–Crippen LogP) is 1.61. The molecular weight excluding hydrogens is 179 g/mol. The van der Waals surface area contributed by atoms with Gasteiger partial charge in [0.25, 0.3) is 0 Å². The summed E-state index contributed by atoms with van der Waals surface area (Å²) in [5, 5.41) is 3.07. The second-order valence-electron chi connectivity index (χ2n) is 3.16. The summed E-state index contributed by atoms with van der Waals surface area (Å²) in [7, 11) is 0. The summed E-state index contributed by atoms with van der Waals surface area (Å²) in [6.07, 6.45) is 3.62. The number of benzene rings is 1. The number of nitrogens with one attached hydrogen (secondary N) is 1. The minimum atomic E-state index is -0.229. The van der Waals surface area contributed by atoms with Crippen LogP contribution in [0.1, 0.15) is 5.56 Å². The molecule has 0 amide bonds. The van der Waals surface area contributed by atoms with Crippen LogP contribution in [0.25, 0.3) is 5.57 Å². The third kappa shape index (κ3) is 1.62. The molecule has 1 heterocycles. The van der Waals surface area contributed by atoms with Gasteiger partial charge in [-0.15, -0.1) is 0 Å². The molecule has 2 rings (SSSR count). The van der Waals surface area contributed by atoms with E-state index in [1.165, 1.54) is 12.1 Å². The van der Waals surface area contributed by atoms with Crippen molar-refractivity contribution in [1.29, 1.82) is 0 Å². The maximum absolute atomic E-state index is 12.7. The number of rotatable bonds is 1. The summed E-state index contributed by atoms with van der Waals surface area (Å²) >= 11 is 0. The molecule has 1 aliphatic heterocycles. The van der Waals surface area contributed by atoms with E-state index >= 15 is 0 Å². The van der Waals surface area contributed by atoms with E-state index < -0.39 is 0 Å². The number of halogens is 1. The van der Waals surface area contributed by atoms with Crippen LogP contribution in [0.15, 0.2) is 42.2 Å². The van der Waals surface area contributed by atoms with Crippen LogP contribution in [0, 0.1) is 5.82 Å². The molecule has 0 fully saturated rings. The van der Waals surface area contributed by atoms with Crippen molar-refractivity contribution in [2.24, 2.45) is 5.73 Å². The minimum absolute atomic E-state index is 0.229. The van der Waals surface area contributed by atoms with Gasteiger partial charge in [0.05, 0.1) is 0 Å². The summed E-state index contributed by atoms with van der Waals surface area (Å²) in [4.78, 5) is 0. The van der Waals surface area contributed by atoms with Gasteiger partial charge in [0, 0.05) is 17.8 Å². The molecule has 2 nitrogen and oxygen atoms in total. The molecule has 0 unspecified atom stereocenters. The Bertz CT molecular complexity index is 390. The zero-order chi connectivity index (χ0) is 9.97. The first kappa shape index (κ1) is 8.81. The lowest BCUT2D eigenvalue weighted by Crippen LogP contribution is -2.17. The van der Waals surface area contributed by atoms with E-state index in [-0.39, 0.29) is 5.82 Å². The van der Waals surface area contributed by atoms with Gasteiger partial charge in [-0.3, -0.25) is 0 Å². The molecule has 3 heteroatoms. The molecule has 1 aromatic carbocycles. The van der Waals surface area contributed by atoms with Crippen molar-refractivity contribution >= 4 is 5.57 Å². The molecule has 14 heavy (non-hydrogen) atoms. The Hall–Kier alpha value is -1.77. The molecule has 0 radical (unpaired) electrons. The molecular formula is C11H11FN2. The number of dihydropyridines is 1. The van der Waals surface area contributed by atoms with E-state index in [9.17, 15) is 4.39 Å². The van der Waals surface area contributed by atoms with E-state index in [0.29, 0.717) is 6.54 Å². The van der Waals surface area contributed by atoms with Crippen LogP contribution < -0.4 is 11.1 Å². The third-order valence-electron chi connectivity index (χ3n) is 2.20. The van der Waals surface area contributed by atoms with Gasteiger partial charge in [0.1, 0.15) is 5.82 Å². The average Bonchev–Trinajstić information content (AvgIpc) is 2.20. The number of allylic oxidation sites excluding steroid dienone is 1. The van der Waals surface area contributed by atoms with Crippen molar-refractivity contribution in [2.75, 3.05) is 6.54 Å². The Balaban J connectivity index is 2.39. The highest BCUT2D eigenvalue weighted by Crippen LogP contribution is 2.18. The van der Waals surface area contributed by atoms with Crippen LogP contribution >= 0.6 is 0 Å². The van der Waals surface area contributed by atoms with Crippen LogP contribution in [0.4, 0.5) is 4.39 Å². The monoisotopic (exact) mass is 190 g/mol. The van der Waals surface area contributed by atoms with Crippen molar-refractivity contribution in [3.63, 3.8) is 0 Å². The zero-order valence-electron chi connectivity index (χ0n) is 7.63. The fourth-order valence-corrected chi connectivity index (χ4v) is 1.43. The Morgan fingerprint density at radius 1 is 1.21 bits per heavy atom. The molecule has 72 valence electrons. The SMILES string of the molecule is NC1=C(c2ccc(F)cc2)CNC=C1. The van der Waals surface area contributed by atoms with Gasteiger partial charge in [-0.05, 0) is 30.0 Å². The van der Waals surface area contributed by atoms with E-state index in [1.807, 2.05) is 12.3 Å². The molecule has 0 aromatic heterocycles. The largest absolute Gasteiger partial charge is 0.398 e. The van der Waals surface area contributed by atoms with Gasteiger partial charge in [0.2, 0.25) is 0 Å². The number of hydrogen-bond acceptors (Lipinski definition) is 2. The highest BCUT2D eigenvalue weighted by atomic mass is 19.1. The first-order chi connectivity index (χ1) is 6.77. The third-order valence-corrected chi connectivity index (χ3v) is 2.20. The van der Waals surface area contributed by atoms with Crippen molar-refractivity contribution in [2.45, 2.75) is 0 Å². The number of nitrogens with two attached hydrogens (primary N) is 1. The number of hydrogen-bond donors (Lipinski definition) is 2. The Morgan fingerprint density at radius 2 is 1.93 bits per heavy atom. The summed E-state index contributed by atoms with van der Waals surface area (Å²) in [5.41, 5.74) is 8.51. The smallest absolute Gasteiger partial charge is 0.123 e. The predicted molar refractivity (Wildman–Crippen MR) is 54.7 cm³/mol. The Labute approximate surface area is 81.9 Å². The second kappa shape index (κ2) is 3.54. The van der Waals surface area contributed by atoms with E-state index in [4.69, 9.17) is 5.73 Å². The van der Waals surface area contributed by atoms with Gasteiger partial charge in [-0.25, -0.2) is 4.39 Å². The van der Waals surface area contributed by atoms with Crippen molar-refractivity contribution < 1.29 is 4.39 Å². The fourth-order valence-electron chi connectivity index (χ4n) is 1.43.